The molecule has 0 aromatic heterocycles. The monoisotopic (exact) mass is 299 g/mol. The number of nitrogens with one attached hydrogen (secondary N) is 2. The first-order valence-corrected chi connectivity index (χ1v) is 7.35. The molecule has 0 spiro atoms. The Morgan fingerprint density at radius 3 is 2.75 bits per heavy atom. The third-order valence-electron chi connectivity index (χ3n) is 2.39. The lowest BCUT2D eigenvalue weighted by molar-refractivity contribution is -0.120. The average molecular weight is 299 g/mol. The molecule has 0 saturated carbocycles. The predicted molar refractivity (Wildman–Crippen MR) is 69.6 cm³/mol. The quantitative estimate of drug-likeness (QED) is 0.799. The molecule has 0 atom stereocenters. The summed E-state index contributed by atoms with van der Waals surface area (Å²) in [6.45, 7) is 2.15. The van der Waals surface area contributed by atoms with Crippen LogP contribution in [0.5, 0.6) is 0 Å². The van der Waals surface area contributed by atoms with E-state index in [2.05, 4.69) is 10.0 Å². The Morgan fingerprint density at radius 1 is 1.45 bits per heavy atom. The molecule has 2 N–H and O–H groups in total. The lowest BCUT2D eigenvalue weighted by atomic mass is 10.2. The van der Waals surface area contributed by atoms with Gasteiger partial charge in [0.1, 0.15) is 11.9 Å². The van der Waals surface area contributed by atoms with Gasteiger partial charge in [-0.15, -0.1) is 0 Å². The lowest BCUT2D eigenvalue weighted by Crippen LogP contribution is -2.30. The largest absolute Gasteiger partial charge is 0.356 e. The van der Waals surface area contributed by atoms with Gasteiger partial charge in [-0.2, -0.15) is 5.26 Å². The Bertz CT molecular complexity index is 638. The van der Waals surface area contributed by atoms with Gasteiger partial charge in [0.25, 0.3) is 0 Å². The van der Waals surface area contributed by atoms with Gasteiger partial charge in [0.2, 0.25) is 15.9 Å². The van der Waals surface area contributed by atoms with Crippen LogP contribution >= 0.6 is 0 Å². The molecule has 0 aliphatic heterocycles. The van der Waals surface area contributed by atoms with E-state index in [0.717, 1.165) is 18.2 Å². The zero-order chi connectivity index (χ0) is 15.2. The summed E-state index contributed by atoms with van der Waals surface area (Å²) in [5.74, 6) is -1.05. The zero-order valence-electron chi connectivity index (χ0n) is 10.8. The Balaban J connectivity index is 2.75. The van der Waals surface area contributed by atoms with E-state index in [0.29, 0.717) is 6.54 Å². The highest BCUT2D eigenvalue weighted by molar-refractivity contribution is 7.89. The van der Waals surface area contributed by atoms with Gasteiger partial charge in [0.05, 0.1) is 10.5 Å². The number of nitriles is 1. The molecule has 0 unspecified atom stereocenters. The maximum Gasteiger partial charge on any atom is 0.240 e. The van der Waals surface area contributed by atoms with E-state index >= 15 is 0 Å². The number of rotatable bonds is 6. The normalized spacial score (nSPS) is 10.8. The smallest absolute Gasteiger partial charge is 0.240 e. The van der Waals surface area contributed by atoms with E-state index in [4.69, 9.17) is 5.26 Å². The van der Waals surface area contributed by atoms with Gasteiger partial charge in [-0.1, -0.05) is 0 Å². The highest BCUT2D eigenvalue weighted by Gasteiger charge is 2.16. The third-order valence-corrected chi connectivity index (χ3v) is 3.85. The summed E-state index contributed by atoms with van der Waals surface area (Å²) in [5.41, 5.74) is -0.350. The molecular formula is C12H14FN3O3S. The first-order chi connectivity index (χ1) is 9.40. The van der Waals surface area contributed by atoms with E-state index in [1.165, 1.54) is 0 Å². The fraction of sp³-hybridized carbons (Fsp3) is 0.333. The molecule has 1 amide bonds. The number of hydrogen-bond acceptors (Lipinski definition) is 4. The summed E-state index contributed by atoms with van der Waals surface area (Å²) in [6.07, 6.45) is -0.000623. The van der Waals surface area contributed by atoms with E-state index in [1.54, 1.807) is 13.0 Å². The van der Waals surface area contributed by atoms with Crippen LogP contribution in [-0.2, 0) is 14.8 Å². The molecule has 6 nitrogen and oxygen atoms in total. The van der Waals surface area contributed by atoms with Gasteiger partial charge in [0, 0.05) is 19.5 Å². The summed E-state index contributed by atoms with van der Waals surface area (Å²) >= 11 is 0. The molecular weight excluding hydrogens is 285 g/mol. The van der Waals surface area contributed by atoms with Crippen molar-refractivity contribution in [2.24, 2.45) is 0 Å². The number of sulfonamides is 1. The summed E-state index contributed by atoms with van der Waals surface area (Å²) in [7, 11) is -3.87. The van der Waals surface area contributed by atoms with Crippen LogP contribution < -0.4 is 10.0 Å². The summed E-state index contributed by atoms with van der Waals surface area (Å²) in [4.78, 5) is 11.0. The minimum atomic E-state index is -3.87. The van der Waals surface area contributed by atoms with Crippen LogP contribution in [0.3, 0.4) is 0 Å². The number of carbonyl (C=O) groups is 1. The van der Waals surface area contributed by atoms with Crippen LogP contribution in [0.15, 0.2) is 23.1 Å². The van der Waals surface area contributed by atoms with Gasteiger partial charge in [-0.05, 0) is 25.1 Å². The number of halogens is 1. The molecule has 1 rings (SSSR count). The maximum absolute atomic E-state index is 13.1. The Kier molecular flexibility index (Phi) is 5.61. The molecule has 0 aliphatic carbocycles. The van der Waals surface area contributed by atoms with Crippen LogP contribution in [0.4, 0.5) is 4.39 Å². The number of carbonyl (C=O) groups excluding carboxylic acids is 1. The topological polar surface area (TPSA) is 99.1 Å². The van der Waals surface area contributed by atoms with Gasteiger partial charge in [0.15, 0.2) is 0 Å². The summed E-state index contributed by atoms with van der Waals surface area (Å²) in [6, 6.07) is 4.49. The van der Waals surface area contributed by atoms with Crippen molar-refractivity contribution in [1.82, 2.24) is 10.0 Å². The van der Waals surface area contributed by atoms with Crippen molar-refractivity contribution < 1.29 is 17.6 Å². The minimum absolute atomic E-state index is 0.000623. The van der Waals surface area contributed by atoms with Crippen molar-refractivity contribution >= 4 is 15.9 Å². The van der Waals surface area contributed by atoms with Gasteiger partial charge in [-0.3, -0.25) is 4.79 Å². The van der Waals surface area contributed by atoms with Gasteiger partial charge >= 0.3 is 0 Å². The van der Waals surface area contributed by atoms with Crippen molar-refractivity contribution in [1.29, 1.82) is 5.26 Å². The Hall–Kier alpha value is -1.98. The summed E-state index contributed by atoms with van der Waals surface area (Å²) in [5, 5.41) is 11.2. The Morgan fingerprint density at radius 2 is 2.15 bits per heavy atom. The molecule has 0 radical (unpaired) electrons. The van der Waals surface area contributed by atoms with Crippen molar-refractivity contribution in [2.45, 2.75) is 18.2 Å². The van der Waals surface area contributed by atoms with Crippen molar-refractivity contribution in [3.05, 3.63) is 29.6 Å². The number of nitrogens with zero attached hydrogens (tertiary/aromatic N) is 1. The molecule has 0 heterocycles. The molecule has 0 fully saturated rings. The van der Waals surface area contributed by atoms with Crippen LogP contribution in [0.2, 0.25) is 0 Å². The molecule has 20 heavy (non-hydrogen) atoms. The first-order valence-electron chi connectivity index (χ1n) is 5.86. The fourth-order valence-electron chi connectivity index (χ4n) is 1.43. The van der Waals surface area contributed by atoms with Crippen molar-refractivity contribution in [3.8, 4) is 6.07 Å². The fourth-order valence-corrected chi connectivity index (χ4v) is 2.48. The molecule has 0 bridgehead atoms. The van der Waals surface area contributed by atoms with E-state index < -0.39 is 15.8 Å². The predicted octanol–water partition coefficient (Wildman–Crippen LogP) is 0.502. The number of benzene rings is 1. The van der Waals surface area contributed by atoms with Crippen LogP contribution in [0.1, 0.15) is 18.9 Å². The molecule has 0 saturated heterocycles. The highest BCUT2D eigenvalue weighted by atomic mass is 32.2. The number of hydrogen-bond donors (Lipinski definition) is 2. The Labute approximate surface area is 116 Å². The molecule has 0 aliphatic rings. The second kappa shape index (κ2) is 6.98. The van der Waals surface area contributed by atoms with E-state index in [9.17, 15) is 17.6 Å². The second-order valence-electron chi connectivity index (χ2n) is 3.85. The number of amides is 1. The van der Waals surface area contributed by atoms with Crippen LogP contribution in [-0.4, -0.2) is 27.4 Å². The second-order valence-corrected chi connectivity index (χ2v) is 5.62. The van der Waals surface area contributed by atoms with Crippen molar-refractivity contribution in [3.63, 3.8) is 0 Å². The van der Waals surface area contributed by atoms with Crippen molar-refractivity contribution in [2.75, 3.05) is 13.1 Å². The van der Waals surface area contributed by atoms with Gasteiger partial charge < -0.3 is 5.32 Å². The average Bonchev–Trinajstić information content (AvgIpc) is 2.39. The van der Waals surface area contributed by atoms with Crippen LogP contribution in [0, 0.1) is 17.1 Å². The highest BCUT2D eigenvalue weighted by Crippen LogP contribution is 2.14. The molecule has 8 heteroatoms. The zero-order valence-corrected chi connectivity index (χ0v) is 11.6. The molecule has 108 valence electrons. The van der Waals surface area contributed by atoms with Gasteiger partial charge in [-0.25, -0.2) is 17.5 Å². The standard InChI is InChI=1S/C12H14FN3O3S/c1-2-15-12(17)5-6-16-20(18,19)10-3-4-11(13)9(7-10)8-14/h3-4,7,16H,2,5-6H2,1H3,(H,15,17). The minimum Gasteiger partial charge on any atom is -0.356 e. The maximum atomic E-state index is 13.1. The third kappa shape index (κ3) is 4.29. The van der Waals surface area contributed by atoms with E-state index in [-0.39, 0.29) is 29.3 Å². The molecule has 1 aromatic rings. The lowest BCUT2D eigenvalue weighted by Gasteiger charge is -2.07. The molecule has 1 aromatic carbocycles. The summed E-state index contributed by atoms with van der Waals surface area (Å²) < 4.78 is 39.1. The van der Waals surface area contributed by atoms with E-state index in [1.807, 2.05) is 0 Å². The van der Waals surface area contributed by atoms with Crippen LogP contribution in [0.25, 0.3) is 0 Å². The first kappa shape index (κ1) is 16.1. The SMILES string of the molecule is CCNC(=O)CCNS(=O)(=O)c1ccc(F)c(C#N)c1.